The van der Waals surface area contributed by atoms with Gasteiger partial charge in [-0.05, 0) is 96.2 Å². The maximum atomic E-state index is 8.79. The number of pyridine rings is 1. The van der Waals surface area contributed by atoms with Gasteiger partial charge in [0.2, 0.25) is 0 Å². The van der Waals surface area contributed by atoms with Crippen LogP contribution in [0.5, 0.6) is 0 Å². The van der Waals surface area contributed by atoms with Gasteiger partial charge >= 0.3 is 0 Å². The first kappa shape index (κ1) is 43.3. The Labute approximate surface area is 436 Å². The largest absolute Gasteiger partial charge is 0.333 e. The van der Waals surface area contributed by atoms with Crippen LogP contribution in [-0.4, -0.2) is 22.6 Å². The molecule has 0 aliphatic carbocycles. The molecule has 0 saturated carbocycles. The first-order chi connectivity index (χ1) is 34.5. The molecule has 0 aliphatic heterocycles. The normalized spacial score (nSPS) is 13.4. The van der Waals surface area contributed by atoms with Crippen LogP contribution in [0, 0.1) is 24.4 Å². The topological polar surface area (TPSA) is 30.7 Å². The predicted molar refractivity (Wildman–Crippen MR) is 297 cm³/mol. The smallest absolute Gasteiger partial charge is 0.0798 e. The molecule has 0 bridgehead atoms. The quantitative estimate of drug-likeness (QED) is 0.107. The Morgan fingerprint density at radius 1 is 0.710 bits per heavy atom. The van der Waals surface area contributed by atoms with Crippen molar-refractivity contribution in [1.82, 2.24) is 14.5 Å². The number of rotatable bonds is 9. The number of fused-ring (bicyclic) bond motifs is 4. The number of hydrogen-bond acceptors (Lipinski definition) is 3. The summed E-state index contributed by atoms with van der Waals surface area (Å²) in [5.41, 5.74) is 13.6. The van der Waals surface area contributed by atoms with Crippen molar-refractivity contribution in [3.63, 3.8) is 0 Å². The summed E-state index contributed by atoms with van der Waals surface area (Å²) in [5.74, 6) is 1.68. The number of aryl methyl sites for hydroxylation is 1. The van der Waals surface area contributed by atoms with E-state index in [0.717, 1.165) is 27.6 Å². The van der Waals surface area contributed by atoms with Gasteiger partial charge in [0.05, 0.1) is 24.9 Å². The predicted octanol–water partition coefficient (Wildman–Crippen LogP) is 17.4. The minimum Gasteiger partial charge on any atom is -0.333 e. The SMILES string of the molecule is CC(C)c1cccc(C(C)C)c1-n1c(-c2[c-]ccc3c2sc2cc(-c4ccc(-c5ccccc5)cc4)ccc23)nc2ccccc21.[2H]C([2H])([2H])c1c[c-]c(-c2cc(C([2H])([2H])C(C)(C)C)c([Si](C)(C)C)cn2)cc1.[Ir]. The third-order valence-electron chi connectivity index (χ3n) is 12.4. The minimum atomic E-state index is -2.17. The van der Waals surface area contributed by atoms with Crippen molar-refractivity contribution in [3.8, 4) is 50.6 Å². The first-order valence-electron chi connectivity index (χ1n) is 26.2. The fourth-order valence-corrected chi connectivity index (χ4v) is 11.7. The molecule has 0 atom stereocenters. The summed E-state index contributed by atoms with van der Waals surface area (Å²) >= 11 is 1.84. The zero-order chi connectivity index (χ0) is 52.2. The third-order valence-corrected chi connectivity index (χ3v) is 15.6. The molecule has 3 heterocycles. The second kappa shape index (κ2) is 20.3. The molecule has 1 radical (unpaired) electrons. The van der Waals surface area contributed by atoms with Gasteiger partial charge in [-0.25, -0.2) is 0 Å². The summed E-state index contributed by atoms with van der Waals surface area (Å²) in [4.78, 5) is 9.88. The molecule has 0 amide bonds. The molecule has 351 valence electrons. The Morgan fingerprint density at radius 3 is 2.00 bits per heavy atom. The molecular formula is C63H63IrN3SSi-2. The van der Waals surface area contributed by atoms with E-state index in [4.69, 9.17) is 11.8 Å². The van der Waals surface area contributed by atoms with Crippen LogP contribution in [0.2, 0.25) is 19.6 Å². The zero-order valence-corrected chi connectivity index (χ0v) is 45.5. The Kier molecular flexibility index (Phi) is 12.7. The summed E-state index contributed by atoms with van der Waals surface area (Å²) < 4.78 is 44.9. The molecule has 3 nitrogen and oxygen atoms in total. The average molecular weight is 1120 g/mol. The minimum absolute atomic E-state index is 0. The Balaban J connectivity index is 0.000000224. The van der Waals surface area contributed by atoms with E-state index < -0.39 is 26.7 Å². The van der Waals surface area contributed by atoms with Crippen LogP contribution < -0.4 is 5.19 Å². The first-order valence-corrected chi connectivity index (χ1v) is 28.0. The molecule has 0 unspecified atom stereocenters. The van der Waals surface area contributed by atoms with Crippen molar-refractivity contribution in [2.24, 2.45) is 5.41 Å². The Bertz CT molecular complexity index is 3580. The van der Waals surface area contributed by atoms with Crippen LogP contribution in [0.3, 0.4) is 0 Å². The second-order valence-electron chi connectivity index (χ2n) is 20.4. The molecule has 0 N–H and O–H groups in total. The van der Waals surface area contributed by atoms with Gasteiger partial charge in [0.25, 0.3) is 0 Å². The number of thiophene rings is 1. The van der Waals surface area contributed by atoms with Crippen LogP contribution in [0.4, 0.5) is 0 Å². The number of nitrogens with zero attached hydrogens (tertiary/aromatic N) is 3. The monoisotopic (exact) mass is 1120 g/mol. The van der Waals surface area contributed by atoms with E-state index >= 15 is 0 Å². The summed E-state index contributed by atoms with van der Waals surface area (Å²) in [6.07, 6.45) is 0.269. The molecule has 7 aromatic carbocycles. The molecule has 6 heteroatoms. The maximum Gasteiger partial charge on any atom is 0.0798 e. The fourth-order valence-electron chi connectivity index (χ4n) is 9.05. The van der Waals surface area contributed by atoms with Gasteiger partial charge < -0.3 is 9.55 Å². The van der Waals surface area contributed by atoms with E-state index in [-0.39, 0.29) is 25.7 Å². The molecule has 10 aromatic rings. The van der Waals surface area contributed by atoms with E-state index in [1.807, 2.05) is 38.2 Å². The van der Waals surface area contributed by atoms with Gasteiger partial charge in [0.15, 0.2) is 0 Å². The van der Waals surface area contributed by atoms with E-state index in [0.29, 0.717) is 28.7 Å². The van der Waals surface area contributed by atoms with Gasteiger partial charge in [0, 0.05) is 43.5 Å². The van der Waals surface area contributed by atoms with Crippen molar-refractivity contribution in [2.45, 2.75) is 93.2 Å². The van der Waals surface area contributed by atoms with Gasteiger partial charge in [-0.3, -0.25) is 4.98 Å². The number of benzene rings is 7. The summed E-state index contributed by atoms with van der Waals surface area (Å²) in [5, 5.41) is 3.53. The average Bonchev–Trinajstić information content (AvgIpc) is 3.94. The van der Waals surface area contributed by atoms with Crippen LogP contribution in [0.1, 0.15) is 89.4 Å². The number of para-hydroxylation sites is 3. The Morgan fingerprint density at radius 2 is 1.36 bits per heavy atom. The van der Waals surface area contributed by atoms with Gasteiger partial charge in [0.1, 0.15) is 0 Å². The molecule has 10 rings (SSSR count). The van der Waals surface area contributed by atoms with Crippen LogP contribution in [0.25, 0.3) is 81.8 Å². The molecule has 0 aliphatic rings. The standard InChI is InChI=1S/C43H35N2S.C20H28NSi.Ir/c1-27(2)33-14-10-15-34(28(3)4)41(33)45-39-19-9-8-18-38(39)44-43(45)37-17-11-16-36-35-25-24-32(26-40(35)46-42(36)37)31-22-20-30(21-23-31)29-12-6-5-7-13-29;1-15-8-10-16(11-9-15)18-12-17(13-20(2,3)4)19(14-21-18)22(5,6)7;/h5-16,18-28H,1-4H3;8-10,12,14H,13H2,1-7H3;/q2*-1;/i;1D3,13D2;. The van der Waals surface area contributed by atoms with Gasteiger partial charge in [-0.1, -0.05) is 195 Å². The number of aromatic nitrogens is 3. The van der Waals surface area contributed by atoms with Crippen molar-refractivity contribution in [3.05, 3.63) is 192 Å². The van der Waals surface area contributed by atoms with Gasteiger partial charge in [-0.15, -0.1) is 53.6 Å². The van der Waals surface area contributed by atoms with Crippen molar-refractivity contribution >= 4 is 55.8 Å². The van der Waals surface area contributed by atoms with Crippen molar-refractivity contribution < 1.29 is 27.0 Å². The summed E-state index contributed by atoms with van der Waals surface area (Å²) in [6.45, 7) is 19.2. The van der Waals surface area contributed by atoms with E-state index in [9.17, 15) is 0 Å². The van der Waals surface area contributed by atoms with E-state index in [1.54, 1.807) is 18.3 Å². The molecule has 3 aromatic heterocycles. The molecular weight excluding hydrogens is 1050 g/mol. The summed E-state index contributed by atoms with van der Waals surface area (Å²) in [6, 6.07) is 59.1. The maximum absolute atomic E-state index is 8.79. The van der Waals surface area contributed by atoms with Crippen LogP contribution in [-0.2, 0) is 26.5 Å². The second-order valence-corrected chi connectivity index (χ2v) is 26.5. The van der Waals surface area contributed by atoms with Crippen LogP contribution >= 0.6 is 11.3 Å². The fraction of sp³-hybridized carbons (Fsp3) is 0.238. The summed E-state index contributed by atoms with van der Waals surface area (Å²) in [7, 11) is -1.81. The molecule has 0 spiro atoms. The van der Waals surface area contributed by atoms with Gasteiger partial charge in [-0.2, -0.15) is 11.3 Å². The zero-order valence-electron chi connectivity index (χ0n) is 46.2. The molecule has 0 saturated heterocycles. The third kappa shape index (κ3) is 10.6. The Hall–Kier alpha value is -5.75. The van der Waals surface area contributed by atoms with E-state index in [2.05, 4.69) is 196 Å². The number of imidazole rings is 1. The van der Waals surface area contributed by atoms with Crippen LogP contribution in [0.15, 0.2) is 158 Å². The van der Waals surface area contributed by atoms with Crippen molar-refractivity contribution in [2.75, 3.05) is 0 Å². The van der Waals surface area contributed by atoms with E-state index in [1.165, 1.54) is 65.3 Å². The molecule has 0 fully saturated rings. The van der Waals surface area contributed by atoms with Crippen molar-refractivity contribution in [1.29, 1.82) is 0 Å². The number of hydrogen-bond donors (Lipinski definition) is 0. The molecule has 69 heavy (non-hydrogen) atoms.